The SMILES string of the molecule is CCCn1[nH]c(=O)c(-c2ccc(C)cc2)c1-c1cccc(C)c1. The molecule has 1 aromatic heterocycles. The Labute approximate surface area is 136 Å². The van der Waals surface area contributed by atoms with Crippen LogP contribution >= 0.6 is 0 Å². The Morgan fingerprint density at radius 1 is 0.957 bits per heavy atom. The monoisotopic (exact) mass is 306 g/mol. The summed E-state index contributed by atoms with van der Waals surface area (Å²) < 4.78 is 1.98. The molecule has 0 aliphatic heterocycles. The van der Waals surface area contributed by atoms with Gasteiger partial charge in [-0.25, -0.2) is 0 Å². The first-order chi connectivity index (χ1) is 11.1. The van der Waals surface area contributed by atoms with Crippen molar-refractivity contribution in [1.29, 1.82) is 0 Å². The largest absolute Gasteiger partial charge is 0.284 e. The quantitative estimate of drug-likeness (QED) is 0.755. The van der Waals surface area contributed by atoms with Crippen molar-refractivity contribution < 1.29 is 0 Å². The maximum absolute atomic E-state index is 12.6. The highest BCUT2D eigenvalue weighted by Crippen LogP contribution is 2.30. The molecule has 0 saturated carbocycles. The summed E-state index contributed by atoms with van der Waals surface area (Å²) in [5, 5.41) is 3.01. The fourth-order valence-corrected chi connectivity index (χ4v) is 2.95. The zero-order valence-electron chi connectivity index (χ0n) is 13.9. The maximum Gasteiger partial charge on any atom is 0.272 e. The van der Waals surface area contributed by atoms with Gasteiger partial charge >= 0.3 is 0 Å². The van der Waals surface area contributed by atoms with E-state index in [0.717, 1.165) is 35.3 Å². The summed E-state index contributed by atoms with van der Waals surface area (Å²) in [5.41, 5.74) is 6.12. The average molecular weight is 306 g/mol. The van der Waals surface area contributed by atoms with Crippen molar-refractivity contribution in [2.45, 2.75) is 33.7 Å². The Morgan fingerprint density at radius 3 is 2.35 bits per heavy atom. The molecule has 0 aliphatic rings. The molecule has 3 heteroatoms. The minimum Gasteiger partial charge on any atom is -0.284 e. The predicted octanol–water partition coefficient (Wildman–Crippen LogP) is 4.54. The van der Waals surface area contributed by atoms with Crippen LogP contribution in [0.3, 0.4) is 0 Å². The van der Waals surface area contributed by atoms with Crippen LogP contribution in [0.5, 0.6) is 0 Å². The van der Waals surface area contributed by atoms with Crippen molar-refractivity contribution >= 4 is 0 Å². The van der Waals surface area contributed by atoms with E-state index in [1.165, 1.54) is 11.1 Å². The smallest absolute Gasteiger partial charge is 0.272 e. The summed E-state index contributed by atoms with van der Waals surface area (Å²) in [6.45, 7) is 7.04. The number of nitrogens with zero attached hydrogens (tertiary/aromatic N) is 1. The molecule has 0 bridgehead atoms. The third-order valence-corrected chi connectivity index (χ3v) is 4.05. The fraction of sp³-hybridized carbons (Fsp3) is 0.250. The molecule has 0 fully saturated rings. The van der Waals surface area contributed by atoms with Gasteiger partial charge in [-0.15, -0.1) is 0 Å². The Bertz CT molecular complexity index is 869. The van der Waals surface area contributed by atoms with E-state index in [1.54, 1.807) is 0 Å². The van der Waals surface area contributed by atoms with Crippen molar-refractivity contribution in [2.24, 2.45) is 0 Å². The van der Waals surface area contributed by atoms with Gasteiger partial charge in [-0.2, -0.15) is 0 Å². The third kappa shape index (κ3) is 3.00. The van der Waals surface area contributed by atoms with Crippen LogP contribution < -0.4 is 5.56 Å². The van der Waals surface area contributed by atoms with Crippen LogP contribution in [0.4, 0.5) is 0 Å². The highest BCUT2D eigenvalue weighted by atomic mass is 16.1. The van der Waals surface area contributed by atoms with Crippen LogP contribution in [0.15, 0.2) is 53.3 Å². The minimum absolute atomic E-state index is 0.0289. The molecule has 23 heavy (non-hydrogen) atoms. The number of hydrogen-bond acceptors (Lipinski definition) is 1. The van der Waals surface area contributed by atoms with Crippen molar-refractivity contribution in [3.63, 3.8) is 0 Å². The number of aromatic nitrogens is 2. The van der Waals surface area contributed by atoms with E-state index in [1.807, 2.05) is 35.0 Å². The van der Waals surface area contributed by atoms with E-state index < -0.39 is 0 Å². The standard InChI is InChI=1S/C20H22N2O/c1-4-12-22-19(17-7-5-6-15(3)13-17)18(20(23)21-22)16-10-8-14(2)9-11-16/h5-11,13H,4,12H2,1-3H3,(H,21,23). The minimum atomic E-state index is -0.0289. The van der Waals surface area contributed by atoms with E-state index in [-0.39, 0.29) is 5.56 Å². The lowest BCUT2D eigenvalue weighted by Crippen LogP contribution is -2.06. The van der Waals surface area contributed by atoms with Gasteiger partial charge in [0.05, 0.1) is 11.3 Å². The van der Waals surface area contributed by atoms with Gasteiger partial charge in [-0.1, -0.05) is 60.5 Å². The summed E-state index contributed by atoms with van der Waals surface area (Å²) in [4.78, 5) is 12.6. The lowest BCUT2D eigenvalue weighted by Gasteiger charge is -2.10. The zero-order valence-corrected chi connectivity index (χ0v) is 13.9. The second-order valence-corrected chi connectivity index (χ2v) is 6.05. The van der Waals surface area contributed by atoms with E-state index in [4.69, 9.17) is 0 Å². The fourth-order valence-electron chi connectivity index (χ4n) is 2.95. The van der Waals surface area contributed by atoms with Gasteiger partial charge in [-0.05, 0) is 31.9 Å². The number of hydrogen-bond donors (Lipinski definition) is 1. The van der Waals surface area contributed by atoms with Gasteiger partial charge in [0.15, 0.2) is 0 Å². The summed E-state index contributed by atoms with van der Waals surface area (Å²) in [6, 6.07) is 16.5. The Hall–Kier alpha value is -2.55. The average Bonchev–Trinajstić information content (AvgIpc) is 2.85. The molecule has 0 radical (unpaired) electrons. The van der Waals surface area contributed by atoms with E-state index in [2.05, 4.69) is 44.1 Å². The second-order valence-electron chi connectivity index (χ2n) is 6.05. The van der Waals surface area contributed by atoms with Crippen LogP contribution in [-0.4, -0.2) is 9.78 Å². The molecule has 0 spiro atoms. The number of benzene rings is 2. The van der Waals surface area contributed by atoms with E-state index >= 15 is 0 Å². The molecule has 1 N–H and O–H groups in total. The molecule has 0 atom stereocenters. The van der Waals surface area contributed by atoms with Crippen LogP contribution in [-0.2, 0) is 6.54 Å². The maximum atomic E-state index is 12.6. The molecule has 0 unspecified atom stereocenters. The van der Waals surface area contributed by atoms with Gasteiger partial charge in [0, 0.05) is 12.1 Å². The van der Waals surface area contributed by atoms with Gasteiger partial charge in [-0.3, -0.25) is 14.6 Å². The van der Waals surface area contributed by atoms with Crippen LogP contribution in [0.25, 0.3) is 22.4 Å². The van der Waals surface area contributed by atoms with E-state index in [0.29, 0.717) is 0 Å². The number of rotatable bonds is 4. The zero-order chi connectivity index (χ0) is 16.4. The molecule has 3 aromatic rings. The molecule has 2 aromatic carbocycles. The van der Waals surface area contributed by atoms with Crippen molar-refractivity contribution in [1.82, 2.24) is 9.78 Å². The molecule has 3 nitrogen and oxygen atoms in total. The van der Waals surface area contributed by atoms with Gasteiger partial charge in [0.1, 0.15) is 0 Å². The molecule has 0 amide bonds. The Balaban J connectivity index is 2.27. The van der Waals surface area contributed by atoms with Gasteiger partial charge < -0.3 is 0 Å². The molecule has 0 aliphatic carbocycles. The first-order valence-electron chi connectivity index (χ1n) is 8.07. The number of H-pyrrole nitrogens is 1. The van der Waals surface area contributed by atoms with Crippen LogP contribution in [0.1, 0.15) is 24.5 Å². The first-order valence-corrected chi connectivity index (χ1v) is 8.07. The highest BCUT2D eigenvalue weighted by molar-refractivity contribution is 5.81. The van der Waals surface area contributed by atoms with Crippen molar-refractivity contribution in [3.05, 3.63) is 70.0 Å². The summed E-state index contributed by atoms with van der Waals surface area (Å²) in [7, 11) is 0. The highest BCUT2D eigenvalue weighted by Gasteiger charge is 2.18. The third-order valence-electron chi connectivity index (χ3n) is 4.05. The molecule has 1 heterocycles. The molecule has 118 valence electrons. The number of aromatic amines is 1. The predicted molar refractivity (Wildman–Crippen MR) is 95.7 cm³/mol. The lowest BCUT2D eigenvalue weighted by atomic mass is 9.99. The topological polar surface area (TPSA) is 37.8 Å². The van der Waals surface area contributed by atoms with Crippen molar-refractivity contribution in [2.75, 3.05) is 0 Å². The summed E-state index contributed by atoms with van der Waals surface area (Å²) in [6.07, 6.45) is 0.969. The first kappa shape index (κ1) is 15.3. The normalized spacial score (nSPS) is 10.9. The molecular weight excluding hydrogens is 284 g/mol. The van der Waals surface area contributed by atoms with Crippen LogP contribution in [0.2, 0.25) is 0 Å². The summed E-state index contributed by atoms with van der Waals surface area (Å²) >= 11 is 0. The summed E-state index contributed by atoms with van der Waals surface area (Å²) in [5.74, 6) is 0. The van der Waals surface area contributed by atoms with Crippen LogP contribution in [0, 0.1) is 13.8 Å². The molecule has 0 saturated heterocycles. The Morgan fingerprint density at radius 2 is 1.70 bits per heavy atom. The number of aryl methyl sites for hydroxylation is 3. The van der Waals surface area contributed by atoms with E-state index in [9.17, 15) is 4.79 Å². The van der Waals surface area contributed by atoms with Crippen molar-refractivity contribution in [3.8, 4) is 22.4 Å². The second kappa shape index (κ2) is 6.29. The molecule has 3 rings (SSSR count). The Kier molecular flexibility index (Phi) is 4.20. The van der Waals surface area contributed by atoms with Gasteiger partial charge in [0.2, 0.25) is 0 Å². The number of nitrogens with one attached hydrogen (secondary N) is 1. The van der Waals surface area contributed by atoms with Gasteiger partial charge in [0.25, 0.3) is 5.56 Å². The lowest BCUT2D eigenvalue weighted by molar-refractivity contribution is 0.604. The molecular formula is C20H22N2O.